The molecule has 0 saturated carbocycles. The molecule has 0 radical (unpaired) electrons. The van der Waals surface area contributed by atoms with E-state index in [0.717, 1.165) is 5.56 Å². The number of nitrogens with zero attached hydrogens (tertiary/aromatic N) is 1. The van der Waals surface area contributed by atoms with E-state index in [0.29, 0.717) is 0 Å². The van der Waals surface area contributed by atoms with Crippen LogP contribution in [-0.4, -0.2) is 42.0 Å². The molecule has 0 atom stereocenters. The van der Waals surface area contributed by atoms with Crippen LogP contribution in [0.5, 0.6) is 5.75 Å². The zero-order valence-electron chi connectivity index (χ0n) is 17.0. The van der Waals surface area contributed by atoms with Gasteiger partial charge in [-0.1, -0.05) is 36.4 Å². The average Bonchev–Trinajstić information content (AvgIpc) is 2.76. The first-order chi connectivity index (χ1) is 14.9. The van der Waals surface area contributed by atoms with Crippen molar-refractivity contribution in [3.05, 3.63) is 69.8 Å². The fourth-order valence-electron chi connectivity index (χ4n) is 2.60. The Morgan fingerprint density at radius 3 is 2.13 bits per heavy atom. The van der Waals surface area contributed by atoms with Gasteiger partial charge in [-0.15, -0.1) is 0 Å². The van der Waals surface area contributed by atoms with Crippen molar-refractivity contribution in [2.24, 2.45) is 0 Å². The van der Waals surface area contributed by atoms with Crippen LogP contribution in [0, 0.1) is 10.1 Å². The summed E-state index contributed by atoms with van der Waals surface area (Å²) in [4.78, 5) is 47.9. The van der Waals surface area contributed by atoms with Gasteiger partial charge in [-0.2, -0.15) is 0 Å². The number of nitro groups is 1. The highest BCUT2D eigenvalue weighted by Crippen LogP contribution is 2.31. The molecule has 10 nitrogen and oxygen atoms in total. The van der Waals surface area contributed by atoms with E-state index < -0.39 is 34.5 Å². The van der Waals surface area contributed by atoms with Crippen molar-refractivity contribution in [2.45, 2.75) is 26.5 Å². The number of esters is 2. The number of hydrogen-bond donors (Lipinski definition) is 1. The number of benzene rings is 2. The van der Waals surface area contributed by atoms with E-state index in [1.807, 2.05) is 0 Å². The van der Waals surface area contributed by atoms with Crippen molar-refractivity contribution in [1.82, 2.24) is 5.32 Å². The van der Waals surface area contributed by atoms with Gasteiger partial charge >= 0.3 is 17.6 Å². The molecule has 0 spiro atoms. The van der Waals surface area contributed by atoms with Gasteiger partial charge in [-0.25, -0.2) is 9.59 Å². The second-order valence-electron chi connectivity index (χ2n) is 6.10. The van der Waals surface area contributed by atoms with Gasteiger partial charge in [0.05, 0.1) is 23.7 Å². The van der Waals surface area contributed by atoms with E-state index in [1.165, 1.54) is 32.0 Å². The van der Waals surface area contributed by atoms with Crippen LogP contribution in [0.4, 0.5) is 5.69 Å². The predicted molar refractivity (Wildman–Crippen MR) is 108 cm³/mol. The standard InChI is InChI=1S/C21H22N2O8/c1-3-29-20(25)17(21(26)30-4-2)22-19(24)15-11-8-12-16(23(27)28)18(15)31-13-14-9-6-5-7-10-14/h5-12,17H,3-4,13H2,1-2H3,(H,22,24). The van der Waals surface area contributed by atoms with Gasteiger partial charge in [0.1, 0.15) is 6.61 Å². The first kappa shape index (κ1) is 23.3. The van der Waals surface area contributed by atoms with Crippen LogP contribution < -0.4 is 10.1 Å². The summed E-state index contributed by atoms with van der Waals surface area (Å²) in [5, 5.41) is 13.7. The molecule has 2 rings (SSSR count). The number of amides is 1. The van der Waals surface area contributed by atoms with Crippen LogP contribution in [0.2, 0.25) is 0 Å². The molecule has 0 aromatic heterocycles. The van der Waals surface area contributed by atoms with Crippen LogP contribution in [0.1, 0.15) is 29.8 Å². The smallest absolute Gasteiger partial charge is 0.340 e. The molecule has 0 aliphatic rings. The Morgan fingerprint density at radius 1 is 0.968 bits per heavy atom. The van der Waals surface area contributed by atoms with Gasteiger partial charge in [-0.3, -0.25) is 14.9 Å². The van der Waals surface area contributed by atoms with E-state index in [2.05, 4.69) is 5.32 Å². The minimum Gasteiger partial charge on any atom is -0.481 e. The number of nitrogens with one attached hydrogen (secondary N) is 1. The summed E-state index contributed by atoms with van der Waals surface area (Å²) in [6.07, 6.45) is 0. The summed E-state index contributed by atoms with van der Waals surface area (Å²) in [5.41, 5.74) is 0.0686. The Bertz CT molecular complexity index is 928. The lowest BCUT2D eigenvalue weighted by molar-refractivity contribution is -0.386. The van der Waals surface area contributed by atoms with E-state index in [9.17, 15) is 24.5 Å². The summed E-state index contributed by atoms with van der Waals surface area (Å²) in [7, 11) is 0. The molecule has 10 heteroatoms. The maximum Gasteiger partial charge on any atom is 0.340 e. The van der Waals surface area contributed by atoms with Gasteiger partial charge in [0.25, 0.3) is 5.91 Å². The van der Waals surface area contributed by atoms with Crippen LogP contribution in [0.15, 0.2) is 48.5 Å². The third-order valence-corrected chi connectivity index (χ3v) is 3.98. The molecule has 0 fully saturated rings. The molecule has 0 aliphatic heterocycles. The number of carbonyl (C=O) groups is 3. The highest BCUT2D eigenvalue weighted by atomic mass is 16.6. The number of carbonyl (C=O) groups excluding carboxylic acids is 3. The lowest BCUT2D eigenvalue weighted by Gasteiger charge is -2.17. The molecule has 2 aromatic carbocycles. The first-order valence-electron chi connectivity index (χ1n) is 9.47. The molecule has 0 bridgehead atoms. The molecule has 164 valence electrons. The number of nitro benzene ring substituents is 1. The highest BCUT2D eigenvalue weighted by molar-refractivity contribution is 6.07. The Labute approximate surface area is 178 Å². The van der Waals surface area contributed by atoms with Crippen LogP contribution in [0.25, 0.3) is 0 Å². The van der Waals surface area contributed by atoms with E-state index in [1.54, 1.807) is 30.3 Å². The fraction of sp³-hybridized carbons (Fsp3) is 0.286. The largest absolute Gasteiger partial charge is 0.481 e. The van der Waals surface area contributed by atoms with Crippen molar-refractivity contribution in [3.63, 3.8) is 0 Å². The zero-order chi connectivity index (χ0) is 22.8. The minimum atomic E-state index is -1.73. The molecule has 1 amide bonds. The first-order valence-corrected chi connectivity index (χ1v) is 9.47. The monoisotopic (exact) mass is 430 g/mol. The van der Waals surface area contributed by atoms with E-state index in [-0.39, 0.29) is 31.1 Å². The molecule has 2 aromatic rings. The topological polar surface area (TPSA) is 134 Å². The third-order valence-electron chi connectivity index (χ3n) is 3.98. The van der Waals surface area contributed by atoms with Crippen LogP contribution in [0.3, 0.4) is 0 Å². The van der Waals surface area contributed by atoms with E-state index in [4.69, 9.17) is 14.2 Å². The summed E-state index contributed by atoms with van der Waals surface area (Å²) < 4.78 is 15.2. The Kier molecular flexibility index (Phi) is 8.50. The molecule has 31 heavy (non-hydrogen) atoms. The maximum atomic E-state index is 12.9. The lowest BCUT2D eigenvalue weighted by atomic mass is 10.1. The van der Waals surface area contributed by atoms with E-state index >= 15 is 0 Å². The van der Waals surface area contributed by atoms with Crippen molar-refractivity contribution in [1.29, 1.82) is 0 Å². The van der Waals surface area contributed by atoms with Crippen molar-refractivity contribution >= 4 is 23.5 Å². The predicted octanol–water partition coefficient (Wildman–Crippen LogP) is 2.40. The zero-order valence-corrected chi connectivity index (χ0v) is 17.0. The van der Waals surface area contributed by atoms with Gasteiger partial charge in [0.15, 0.2) is 0 Å². The summed E-state index contributed by atoms with van der Waals surface area (Å²) in [6.45, 7) is 3.00. The molecule has 0 saturated heterocycles. The molecule has 1 N–H and O–H groups in total. The average molecular weight is 430 g/mol. The number of ether oxygens (including phenoxy) is 3. The second kappa shape index (κ2) is 11.3. The highest BCUT2D eigenvalue weighted by Gasteiger charge is 2.33. The second-order valence-corrected chi connectivity index (χ2v) is 6.10. The Hall–Kier alpha value is -3.95. The van der Waals surface area contributed by atoms with Crippen molar-refractivity contribution < 1.29 is 33.5 Å². The van der Waals surface area contributed by atoms with Crippen LogP contribution in [-0.2, 0) is 25.7 Å². The number of para-hydroxylation sites is 1. The summed E-state index contributed by atoms with van der Waals surface area (Å²) in [6, 6.07) is 10.9. The quantitative estimate of drug-likeness (QED) is 0.263. The molecular weight excluding hydrogens is 408 g/mol. The van der Waals surface area contributed by atoms with Gasteiger partial charge in [-0.05, 0) is 25.5 Å². The van der Waals surface area contributed by atoms with Crippen molar-refractivity contribution in [3.8, 4) is 5.75 Å². The normalized spacial score (nSPS) is 10.3. The lowest BCUT2D eigenvalue weighted by Crippen LogP contribution is -2.48. The Balaban J connectivity index is 2.34. The molecule has 0 heterocycles. The van der Waals surface area contributed by atoms with Gasteiger partial charge < -0.3 is 19.5 Å². The summed E-state index contributed by atoms with van der Waals surface area (Å²) in [5.74, 6) is -3.24. The SMILES string of the molecule is CCOC(=O)C(NC(=O)c1cccc([N+](=O)[O-])c1OCc1ccccc1)C(=O)OCC. The fourth-order valence-corrected chi connectivity index (χ4v) is 2.60. The Morgan fingerprint density at radius 2 is 1.58 bits per heavy atom. The van der Waals surface area contributed by atoms with Gasteiger partial charge in [0, 0.05) is 6.07 Å². The molecule has 0 aliphatic carbocycles. The minimum absolute atomic E-state index is 0.0210. The number of rotatable bonds is 10. The molecular formula is C21H22N2O8. The van der Waals surface area contributed by atoms with Gasteiger partial charge in [0.2, 0.25) is 11.8 Å². The van der Waals surface area contributed by atoms with Crippen LogP contribution >= 0.6 is 0 Å². The third kappa shape index (κ3) is 6.26. The maximum absolute atomic E-state index is 12.9. The summed E-state index contributed by atoms with van der Waals surface area (Å²) >= 11 is 0. The van der Waals surface area contributed by atoms with Crippen molar-refractivity contribution in [2.75, 3.05) is 13.2 Å². The number of hydrogen-bond acceptors (Lipinski definition) is 8. The molecule has 0 unspecified atom stereocenters.